The quantitative estimate of drug-likeness (QED) is 0.690. The molecule has 3 heteroatoms. The summed E-state index contributed by atoms with van der Waals surface area (Å²) in [6.07, 6.45) is 6.28. The lowest BCUT2D eigenvalue weighted by Crippen LogP contribution is -2.24. The summed E-state index contributed by atoms with van der Waals surface area (Å²) >= 11 is 0. The van der Waals surface area contributed by atoms with Gasteiger partial charge in [-0.1, -0.05) is 26.0 Å². The van der Waals surface area contributed by atoms with Crippen LogP contribution in [0.2, 0.25) is 0 Å². The second-order valence-corrected chi connectivity index (χ2v) is 5.31. The minimum Gasteiger partial charge on any atom is -0.372 e. The number of hydrogen-bond donors (Lipinski definition) is 0. The predicted octanol–water partition coefficient (Wildman–Crippen LogP) is 4.40. The Bertz CT molecular complexity index is 560. The molecular weight excluding hydrogens is 258 g/mol. The van der Waals surface area contributed by atoms with Gasteiger partial charge in [-0.3, -0.25) is 0 Å². The van der Waals surface area contributed by atoms with Crippen LogP contribution in [-0.2, 0) is 7.05 Å². The highest BCUT2D eigenvalue weighted by Crippen LogP contribution is 2.16. The van der Waals surface area contributed by atoms with E-state index in [9.17, 15) is 0 Å². The topological polar surface area (TPSA) is 20.5 Å². The van der Waals surface area contributed by atoms with E-state index in [1.54, 1.807) is 0 Å². The molecule has 21 heavy (non-hydrogen) atoms. The van der Waals surface area contributed by atoms with Crippen molar-refractivity contribution in [3.8, 4) is 0 Å². The van der Waals surface area contributed by atoms with Gasteiger partial charge in [0, 0.05) is 38.2 Å². The van der Waals surface area contributed by atoms with Crippen molar-refractivity contribution in [3.63, 3.8) is 0 Å². The van der Waals surface area contributed by atoms with Crippen LogP contribution in [0, 0.1) is 0 Å². The van der Waals surface area contributed by atoms with Crippen LogP contribution in [0.15, 0.2) is 47.6 Å². The maximum atomic E-state index is 4.51. The Balaban J connectivity index is 2.07. The van der Waals surface area contributed by atoms with Crippen LogP contribution in [0.5, 0.6) is 0 Å². The van der Waals surface area contributed by atoms with Crippen molar-refractivity contribution in [2.24, 2.45) is 12.0 Å². The maximum Gasteiger partial charge on any atom is 0.132 e. The number of benzene rings is 1. The first-order valence-corrected chi connectivity index (χ1v) is 7.75. The molecule has 0 N–H and O–H groups in total. The van der Waals surface area contributed by atoms with Gasteiger partial charge in [-0.05, 0) is 42.7 Å². The Kier molecular flexibility index (Phi) is 5.61. The Labute approximate surface area is 127 Å². The third kappa shape index (κ3) is 4.22. The molecule has 2 aromatic rings. The summed E-state index contributed by atoms with van der Waals surface area (Å²) in [6, 6.07) is 12.7. The summed E-state index contributed by atoms with van der Waals surface area (Å²) in [5.74, 6) is 0.970. The van der Waals surface area contributed by atoms with Gasteiger partial charge in [0.2, 0.25) is 0 Å². The summed E-state index contributed by atoms with van der Waals surface area (Å²) < 4.78 is 2.01. The SMILES string of the molecule is CCCN(CCC)c1ccc(/C=N/c2cccn2C)cc1. The molecule has 0 amide bonds. The highest BCUT2D eigenvalue weighted by atomic mass is 15.1. The molecule has 0 fully saturated rings. The summed E-state index contributed by atoms with van der Waals surface area (Å²) in [4.78, 5) is 6.95. The number of aromatic nitrogens is 1. The zero-order chi connectivity index (χ0) is 15.1. The molecule has 0 radical (unpaired) electrons. The fraction of sp³-hybridized carbons (Fsp3) is 0.389. The largest absolute Gasteiger partial charge is 0.372 e. The lowest BCUT2D eigenvalue weighted by molar-refractivity contribution is 0.745. The lowest BCUT2D eigenvalue weighted by atomic mass is 10.2. The summed E-state index contributed by atoms with van der Waals surface area (Å²) in [5.41, 5.74) is 2.43. The van der Waals surface area contributed by atoms with Gasteiger partial charge >= 0.3 is 0 Å². The van der Waals surface area contributed by atoms with E-state index in [0.29, 0.717) is 0 Å². The van der Waals surface area contributed by atoms with Gasteiger partial charge in [0.05, 0.1) is 0 Å². The van der Waals surface area contributed by atoms with Crippen molar-refractivity contribution < 1.29 is 0 Å². The fourth-order valence-corrected chi connectivity index (χ4v) is 2.41. The number of aliphatic imine (C=N–C) groups is 1. The van der Waals surface area contributed by atoms with Crippen molar-refractivity contribution in [1.29, 1.82) is 0 Å². The summed E-state index contributed by atoms with van der Waals surface area (Å²) in [6.45, 7) is 6.68. The molecule has 0 atom stereocenters. The van der Waals surface area contributed by atoms with Gasteiger partial charge in [0.25, 0.3) is 0 Å². The number of anilines is 1. The maximum absolute atomic E-state index is 4.51. The summed E-state index contributed by atoms with van der Waals surface area (Å²) in [5, 5.41) is 0. The van der Waals surface area contributed by atoms with Crippen LogP contribution in [-0.4, -0.2) is 23.9 Å². The standard InChI is InChI=1S/C18H25N3/c1-4-12-21(13-5-2)17-10-8-16(9-11-17)15-19-18-7-6-14-20(18)3/h6-11,14-15H,4-5,12-13H2,1-3H3/b19-15+. The molecule has 1 heterocycles. The molecule has 0 unspecified atom stereocenters. The number of nitrogens with zero attached hydrogens (tertiary/aromatic N) is 3. The average Bonchev–Trinajstić information content (AvgIpc) is 2.91. The van der Waals surface area contributed by atoms with Crippen molar-refractivity contribution in [1.82, 2.24) is 4.57 Å². The van der Waals surface area contributed by atoms with Crippen LogP contribution in [0.25, 0.3) is 0 Å². The lowest BCUT2D eigenvalue weighted by Gasteiger charge is -2.23. The molecule has 0 aliphatic rings. The molecule has 0 bridgehead atoms. The first-order chi connectivity index (χ1) is 10.2. The number of hydrogen-bond acceptors (Lipinski definition) is 2. The first-order valence-electron chi connectivity index (χ1n) is 7.75. The zero-order valence-corrected chi connectivity index (χ0v) is 13.3. The van der Waals surface area contributed by atoms with Crippen molar-refractivity contribution in [3.05, 3.63) is 48.2 Å². The first kappa shape index (κ1) is 15.4. The Morgan fingerprint density at radius 3 is 2.24 bits per heavy atom. The van der Waals surface area contributed by atoms with E-state index < -0.39 is 0 Å². The van der Waals surface area contributed by atoms with Crippen LogP contribution in [0.3, 0.4) is 0 Å². The molecule has 112 valence electrons. The van der Waals surface area contributed by atoms with Gasteiger partial charge in [-0.2, -0.15) is 0 Å². The molecule has 0 saturated heterocycles. The minimum absolute atomic E-state index is 0.970. The molecule has 0 aliphatic heterocycles. The Hall–Kier alpha value is -2.03. The molecule has 0 saturated carbocycles. The number of aryl methyl sites for hydroxylation is 1. The molecule has 1 aromatic carbocycles. The van der Waals surface area contributed by atoms with E-state index in [1.165, 1.54) is 18.5 Å². The molecule has 0 spiro atoms. The van der Waals surface area contributed by atoms with E-state index in [2.05, 4.69) is 48.0 Å². The fourth-order valence-electron chi connectivity index (χ4n) is 2.41. The second kappa shape index (κ2) is 7.67. The zero-order valence-electron chi connectivity index (χ0n) is 13.3. The van der Waals surface area contributed by atoms with Gasteiger partial charge in [0.1, 0.15) is 5.82 Å². The van der Waals surface area contributed by atoms with Gasteiger partial charge in [-0.15, -0.1) is 0 Å². The van der Waals surface area contributed by atoms with Crippen LogP contribution in [0.4, 0.5) is 11.5 Å². The van der Waals surface area contributed by atoms with E-state index >= 15 is 0 Å². The Morgan fingerprint density at radius 2 is 1.71 bits per heavy atom. The Morgan fingerprint density at radius 1 is 1.05 bits per heavy atom. The van der Waals surface area contributed by atoms with Crippen molar-refractivity contribution in [2.75, 3.05) is 18.0 Å². The molecule has 2 rings (SSSR count). The predicted molar refractivity (Wildman–Crippen MR) is 91.9 cm³/mol. The van der Waals surface area contributed by atoms with Gasteiger partial charge in [-0.25, -0.2) is 4.99 Å². The molecule has 3 nitrogen and oxygen atoms in total. The van der Waals surface area contributed by atoms with Crippen LogP contribution in [0.1, 0.15) is 32.3 Å². The number of rotatable bonds is 7. The van der Waals surface area contributed by atoms with E-state index in [1.807, 2.05) is 36.2 Å². The molecule has 0 aliphatic carbocycles. The summed E-state index contributed by atoms with van der Waals surface area (Å²) in [7, 11) is 2.00. The normalized spacial score (nSPS) is 11.2. The van der Waals surface area contributed by atoms with Crippen molar-refractivity contribution >= 4 is 17.7 Å². The van der Waals surface area contributed by atoms with Crippen molar-refractivity contribution in [2.45, 2.75) is 26.7 Å². The second-order valence-electron chi connectivity index (χ2n) is 5.31. The molecular formula is C18H25N3. The van der Waals surface area contributed by atoms with E-state index in [-0.39, 0.29) is 0 Å². The average molecular weight is 283 g/mol. The molecule has 1 aromatic heterocycles. The third-order valence-electron chi connectivity index (χ3n) is 3.51. The van der Waals surface area contributed by atoms with E-state index in [4.69, 9.17) is 0 Å². The third-order valence-corrected chi connectivity index (χ3v) is 3.51. The van der Waals surface area contributed by atoms with E-state index in [0.717, 1.165) is 24.5 Å². The van der Waals surface area contributed by atoms with Gasteiger partial charge in [0.15, 0.2) is 0 Å². The highest BCUT2D eigenvalue weighted by Gasteiger charge is 2.03. The smallest absolute Gasteiger partial charge is 0.132 e. The van der Waals surface area contributed by atoms with Crippen LogP contribution >= 0.6 is 0 Å². The van der Waals surface area contributed by atoms with Gasteiger partial charge < -0.3 is 9.47 Å². The monoisotopic (exact) mass is 283 g/mol. The van der Waals surface area contributed by atoms with Crippen LogP contribution < -0.4 is 4.90 Å². The highest BCUT2D eigenvalue weighted by molar-refractivity contribution is 5.82. The minimum atomic E-state index is 0.970.